The average molecular weight is 572 g/mol. The van der Waals surface area contributed by atoms with Crippen LogP contribution in [0.5, 0.6) is 0 Å². The molecule has 38 heavy (non-hydrogen) atoms. The number of hydrogen-bond donors (Lipinski definition) is 1. The van der Waals surface area contributed by atoms with Gasteiger partial charge in [-0.25, -0.2) is 13.8 Å². The Bertz CT molecular complexity index is 1190. The van der Waals surface area contributed by atoms with Crippen LogP contribution in [0.1, 0.15) is 76.2 Å². The quantitative estimate of drug-likeness (QED) is 0.369. The Labute approximate surface area is 227 Å². The zero-order valence-electron chi connectivity index (χ0n) is 21.1. The summed E-state index contributed by atoms with van der Waals surface area (Å²) in [6.45, 7) is -0.797. The number of anilines is 1. The van der Waals surface area contributed by atoms with Crippen LogP contribution in [0.2, 0.25) is 5.02 Å². The number of nitrogens with one attached hydrogen (secondary N) is 1. The van der Waals surface area contributed by atoms with Crippen molar-refractivity contribution in [2.24, 2.45) is 5.10 Å². The van der Waals surface area contributed by atoms with E-state index in [4.69, 9.17) is 11.6 Å². The lowest BCUT2D eigenvalue weighted by molar-refractivity contribution is -0.137. The lowest BCUT2D eigenvalue weighted by Crippen LogP contribution is -2.40. The molecule has 2 aromatic carbocycles. The van der Waals surface area contributed by atoms with Crippen LogP contribution in [0.25, 0.3) is 0 Å². The van der Waals surface area contributed by atoms with Crippen LogP contribution < -0.4 is 9.73 Å². The van der Waals surface area contributed by atoms with Gasteiger partial charge in [0.2, 0.25) is 0 Å². The molecular formula is C27H33ClF3N3O3S. The summed E-state index contributed by atoms with van der Waals surface area (Å²) in [4.78, 5) is 12.7. The van der Waals surface area contributed by atoms with Gasteiger partial charge in [-0.05, 0) is 56.0 Å². The molecule has 1 saturated carbocycles. The largest absolute Gasteiger partial charge is 0.416 e. The van der Waals surface area contributed by atoms with Crippen molar-refractivity contribution >= 4 is 38.9 Å². The van der Waals surface area contributed by atoms with E-state index < -0.39 is 39.9 Å². The summed E-state index contributed by atoms with van der Waals surface area (Å²) in [5, 5.41) is 4.03. The topological polar surface area (TPSA) is 78.8 Å². The van der Waals surface area contributed by atoms with Gasteiger partial charge in [-0.2, -0.15) is 18.3 Å². The minimum atomic E-state index is -4.73. The molecule has 6 nitrogen and oxygen atoms in total. The van der Waals surface area contributed by atoms with Gasteiger partial charge < -0.3 is 0 Å². The van der Waals surface area contributed by atoms with E-state index in [1.807, 2.05) is 0 Å². The molecular weight excluding hydrogens is 539 g/mol. The van der Waals surface area contributed by atoms with Gasteiger partial charge >= 0.3 is 6.18 Å². The monoisotopic (exact) mass is 571 g/mol. The van der Waals surface area contributed by atoms with Crippen LogP contribution in [-0.2, 0) is 21.0 Å². The summed E-state index contributed by atoms with van der Waals surface area (Å²) < 4.78 is 67.8. The Morgan fingerprint density at radius 1 is 0.895 bits per heavy atom. The van der Waals surface area contributed by atoms with Crippen molar-refractivity contribution < 1.29 is 26.4 Å². The van der Waals surface area contributed by atoms with E-state index in [9.17, 15) is 26.4 Å². The lowest BCUT2D eigenvalue weighted by atomic mass is 10.00. The van der Waals surface area contributed by atoms with Gasteiger partial charge in [0.15, 0.2) is 0 Å². The number of rotatable bonds is 6. The highest BCUT2D eigenvalue weighted by Crippen LogP contribution is 2.37. The Balaban J connectivity index is 1.86. The fourth-order valence-corrected chi connectivity index (χ4v) is 6.06. The predicted octanol–water partition coefficient (Wildman–Crippen LogP) is 7.33. The van der Waals surface area contributed by atoms with Crippen LogP contribution in [0.15, 0.2) is 58.5 Å². The summed E-state index contributed by atoms with van der Waals surface area (Å²) in [5.74, 6) is -0.781. The summed E-state index contributed by atoms with van der Waals surface area (Å²) in [5.41, 5.74) is 1.73. The molecule has 1 N–H and O–H groups in total. The zero-order chi connectivity index (χ0) is 27.6. The number of benzene rings is 2. The molecule has 0 radical (unpaired) electrons. The molecule has 1 fully saturated rings. The van der Waals surface area contributed by atoms with Gasteiger partial charge in [0.1, 0.15) is 6.54 Å². The van der Waals surface area contributed by atoms with E-state index in [1.54, 1.807) is 6.07 Å². The molecule has 0 heterocycles. The Kier molecular flexibility index (Phi) is 11.0. The van der Waals surface area contributed by atoms with E-state index in [-0.39, 0.29) is 9.92 Å². The summed E-state index contributed by atoms with van der Waals surface area (Å²) in [6.07, 6.45) is 6.77. The van der Waals surface area contributed by atoms with Crippen LogP contribution in [-0.4, -0.2) is 26.6 Å². The number of carbonyl (C=O) groups excluding carboxylic acids is 1. The molecule has 0 bridgehead atoms. The number of hydrogen-bond acceptors (Lipinski definition) is 4. The fraction of sp³-hybridized carbons (Fsp3) is 0.481. The minimum absolute atomic E-state index is 0.188. The molecule has 0 aromatic heterocycles. The summed E-state index contributed by atoms with van der Waals surface area (Å²) >= 11 is 6.17. The van der Waals surface area contributed by atoms with Crippen molar-refractivity contribution in [3.8, 4) is 0 Å². The number of nitrogens with zero attached hydrogens (tertiary/aromatic N) is 2. The van der Waals surface area contributed by atoms with Gasteiger partial charge in [-0.15, -0.1) is 0 Å². The third-order valence-corrected chi connectivity index (χ3v) is 8.52. The van der Waals surface area contributed by atoms with Crippen LogP contribution in [0.3, 0.4) is 0 Å². The molecule has 0 saturated heterocycles. The molecule has 0 unspecified atom stereocenters. The third kappa shape index (κ3) is 8.73. The average Bonchev–Trinajstić information content (AvgIpc) is 2.87. The van der Waals surface area contributed by atoms with E-state index in [0.717, 1.165) is 69.2 Å². The maximum absolute atomic E-state index is 13.5. The molecule has 1 amide bonds. The standard InChI is InChI=1S/C27H33ClF3N3O3S/c28-24-18-17-21(27(29,30)31)19-25(24)34(38(36,37)23-15-11-8-12-16-23)20-26(35)33-32-22-13-9-6-4-2-1-3-5-7-10-14-22/h8,11-12,15-19H,1-7,9-10,13-14,20H2,(H,33,35). The van der Waals surface area contributed by atoms with E-state index >= 15 is 0 Å². The van der Waals surface area contributed by atoms with E-state index in [1.165, 1.54) is 43.5 Å². The van der Waals surface area contributed by atoms with Crippen LogP contribution in [0, 0.1) is 0 Å². The second kappa shape index (κ2) is 14.0. The molecule has 11 heteroatoms. The Morgan fingerprint density at radius 2 is 1.45 bits per heavy atom. The van der Waals surface area contributed by atoms with Crippen molar-refractivity contribution in [1.82, 2.24) is 5.43 Å². The highest BCUT2D eigenvalue weighted by molar-refractivity contribution is 7.92. The Morgan fingerprint density at radius 3 is 2.00 bits per heavy atom. The lowest BCUT2D eigenvalue weighted by Gasteiger charge is -2.25. The van der Waals surface area contributed by atoms with Crippen molar-refractivity contribution in [2.75, 3.05) is 10.8 Å². The number of hydrazone groups is 1. The zero-order valence-corrected chi connectivity index (χ0v) is 22.7. The normalized spacial score (nSPS) is 16.2. The van der Waals surface area contributed by atoms with Crippen molar-refractivity contribution in [2.45, 2.75) is 81.7 Å². The molecule has 0 spiro atoms. The number of carbonyl (C=O) groups is 1. The maximum Gasteiger partial charge on any atom is 0.416 e. The summed E-state index contributed by atoms with van der Waals surface area (Å²) in [6, 6.07) is 9.52. The fourth-order valence-electron chi connectivity index (χ4n) is 4.34. The molecule has 3 rings (SSSR count). The molecule has 208 valence electrons. The minimum Gasteiger partial charge on any atom is -0.271 e. The first-order chi connectivity index (χ1) is 18.1. The van der Waals surface area contributed by atoms with Gasteiger partial charge in [-0.3, -0.25) is 9.10 Å². The number of halogens is 4. The molecule has 1 aliphatic rings. The van der Waals surface area contributed by atoms with Gasteiger partial charge in [0.25, 0.3) is 15.9 Å². The van der Waals surface area contributed by atoms with E-state index in [0.29, 0.717) is 10.4 Å². The smallest absolute Gasteiger partial charge is 0.271 e. The van der Waals surface area contributed by atoms with Crippen LogP contribution >= 0.6 is 11.6 Å². The van der Waals surface area contributed by atoms with Crippen molar-refractivity contribution in [3.63, 3.8) is 0 Å². The number of alkyl halides is 3. The highest BCUT2D eigenvalue weighted by atomic mass is 35.5. The van der Waals surface area contributed by atoms with Gasteiger partial charge in [0, 0.05) is 5.71 Å². The summed E-state index contributed by atoms with van der Waals surface area (Å²) in [7, 11) is -4.43. The first kappa shape index (κ1) is 30.0. The second-order valence-electron chi connectivity index (χ2n) is 9.38. The van der Waals surface area contributed by atoms with Crippen LogP contribution in [0.4, 0.5) is 18.9 Å². The molecule has 0 aliphatic heterocycles. The maximum atomic E-state index is 13.5. The molecule has 1 aliphatic carbocycles. The third-order valence-electron chi connectivity index (χ3n) is 6.43. The Hall–Kier alpha value is -2.59. The predicted molar refractivity (Wildman–Crippen MR) is 144 cm³/mol. The second-order valence-corrected chi connectivity index (χ2v) is 11.7. The highest BCUT2D eigenvalue weighted by Gasteiger charge is 2.34. The first-order valence-electron chi connectivity index (χ1n) is 12.9. The first-order valence-corrected chi connectivity index (χ1v) is 14.7. The number of sulfonamides is 1. The molecule has 0 atom stereocenters. The van der Waals surface area contributed by atoms with Gasteiger partial charge in [0.05, 0.1) is 21.2 Å². The SMILES string of the molecule is O=C(CN(c1cc(C(F)(F)F)ccc1Cl)S(=O)(=O)c1ccccc1)NN=C1CCCCCCCCCCC1. The van der Waals surface area contributed by atoms with Crippen molar-refractivity contribution in [1.29, 1.82) is 0 Å². The van der Waals surface area contributed by atoms with E-state index in [2.05, 4.69) is 10.5 Å². The molecule has 2 aromatic rings. The van der Waals surface area contributed by atoms with Gasteiger partial charge in [-0.1, -0.05) is 74.7 Å². The number of amides is 1. The van der Waals surface area contributed by atoms with Crippen molar-refractivity contribution in [3.05, 3.63) is 59.1 Å².